The van der Waals surface area contributed by atoms with Gasteiger partial charge in [-0.15, -0.1) is 0 Å². The van der Waals surface area contributed by atoms with Gasteiger partial charge < -0.3 is 15.2 Å². The zero-order valence-corrected chi connectivity index (χ0v) is 16.2. The molecule has 7 heteroatoms. The fraction of sp³-hybridized carbons (Fsp3) is 0.421. The second-order valence-corrected chi connectivity index (χ2v) is 7.29. The van der Waals surface area contributed by atoms with Gasteiger partial charge in [-0.1, -0.05) is 13.8 Å². The molecule has 2 aromatic rings. The van der Waals surface area contributed by atoms with E-state index < -0.39 is 11.7 Å². The van der Waals surface area contributed by atoms with Crippen molar-refractivity contribution in [3.8, 4) is 17.0 Å². The Morgan fingerprint density at radius 1 is 1.35 bits per heavy atom. The summed E-state index contributed by atoms with van der Waals surface area (Å²) in [5, 5.41) is 0.202. The molecule has 1 atom stereocenters. The number of rotatable bonds is 7. The van der Waals surface area contributed by atoms with Gasteiger partial charge in [0.25, 0.3) is 0 Å². The van der Waals surface area contributed by atoms with Crippen LogP contribution in [0.5, 0.6) is 5.75 Å². The Bertz CT molecular complexity index is 782. The number of ether oxygens (including phenoxy) is 2. The van der Waals surface area contributed by atoms with Gasteiger partial charge in [-0.25, -0.2) is 14.8 Å². The summed E-state index contributed by atoms with van der Waals surface area (Å²) in [5.74, 6) is 1.03. The van der Waals surface area contributed by atoms with E-state index in [1.165, 1.54) is 0 Å². The fourth-order valence-corrected chi connectivity index (χ4v) is 3.08. The van der Waals surface area contributed by atoms with Gasteiger partial charge in [0.15, 0.2) is 0 Å². The Hall–Kier alpha value is -2.34. The number of nitrogens with zero attached hydrogens (tertiary/aromatic N) is 2. The minimum atomic E-state index is -0.801. The lowest BCUT2D eigenvalue weighted by Crippen LogP contribution is -2.41. The van der Waals surface area contributed by atoms with Crippen LogP contribution in [0, 0.1) is 12.8 Å². The number of carbonyl (C=O) groups is 1. The smallest absolute Gasteiger partial charge is 0.405 e. The van der Waals surface area contributed by atoms with Crippen LogP contribution in [0.25, 0.3) is 11.3 Å². The maximum atomic E-state index is 11.2. The van der Waals surface area contributed by atoms with Crippen LogP contribution in [0.4, 0.5) is 4.79 Å². The summed E-state index contributed by atoms with van der Waals surface area (Å²) < 4.78 is 11.2. The van der Waals surface area contributed by atoms with Gasteiger partial charge in [-0.05, 0) is 67.6 Å². The second kappa shape index (κ2) is 8.36. The lowest BCUT2D eigenvalue weighted by molar-refractivity contribution is -0.0187. The molecule has 0 saturated heterocycles. The number of halogens is 1. The maximum Gasteiger partial charge on any atom is 0.405 e. The van der Waals surface area contributed by atoms with E-state index in [0.717, 1.165) is 16.8 Å². The Morgan fingerprint density at radius 2 is 2.08 bits per heavy atom. The highest BCUT2D eigenvalue weighted by Crippen LogP contribution is 2.28. The van der Waals surface area contributed by atoms with Crippen molar-refractivity contribution in [2.75, 3.05) is 6.61 Å². The molecule has 1 amide bonds. The van der Waals surface area contributed by atoms with Gasteiger partial charge in [0.1, 0.15) is 18.0 Å². The first kappa shape index (κ1) is 20.0. The highest BCUT2D eigenvalue weighted by molar-refractivity contribution is 6.28. The summed E-state index contributed by atoms with van der Waals surface area (Å²) in [5.41, 5.74) is 7.01. The molecule has 2 rings (SSSR count). The monoisotopic (exact) mass is 377 g/mol. The molecule has 26 heavy (non-hydrogen) atoms. The largest absolute Gasteiger partial charge is 0.489 e. The average Bonchev–Trinajstić information content (AvgIpc) is 2.52. The Kier molecular flexibility index (Phi) is 6.42. The lowest BCUT2D eigenvalue weighted by Gasteiger charge is -2.30. The van der Waals surface area contributed by atoms with E-state index in [9.17, 15) is 4.79 Å². The minimum absolute atomic E-state index is 0.202. The molecule has 0 unspecified atom stereocenters. The summed E-state index contributed by atoms with van der Waals surface area (Å²) >= 11 is 5.85. The third-order valence-electron chi connectivity index (χ3n) is 3.82. The summed E-state index contributed by atoms with van der Waals surface area (Å²) in [6.07, 6.45) is 1.46. The molecular weight excluding hydrogens is 354 g/mol. The SMILES string of the molecule is Cc1cc(-c2ccnc(Cl)n2)ccc1OC[C@](C)(CC(C)C)OC(N)=O. The molecule has 1 heterocycles. The molecule has 1 aromatic heterocycles. The Balaban J connectivity index is 2.15. The summed E-state index contributed by atoms with van der Waals surface area (Å²) in [6.45, 7) is 8.08. The van der Waals surface area contributed by atoms with Crippen molar-refractivity contribution in [3.63, 3.8) is 0 Å². The molecule has 0 bridgehead atoms. The third kappa shape index (κ3) is 5.59. The fourth-order valence-electron chi connectivity index (χ4n) is 2.93. The summed E-state index contributed by atoms with van der Waals surface area (Å²) in [7, 11) is 0. The molecule has 0 radical (unpaired) electrons. The molecule has 0 aliphatic rings. The maximum absolute atomic E-state index is 11.2. The van der Waals surface area contributed by atoms with Crippen molar-refractivity contribution >= 4 is 17.7 Å². The highest BCUT2D eigenvalue weighted by Gasteiger charge is 2.30. The number of primary amides is 1. The average molecular weight is 378 g/mol. The normalized spacial score (nSPS) is 13.3. The van der Waals surface area contributed by atoms with E-state index in [1.807, 2.05) is 32.0 Å². The van der Waals surface area contributed by atoms with Gasteiger partial charge in [0.05, 0.1) is 5.69 Å². The van der Waals surface area contributed by atoms with Gasteiger partial charge >= 0.3 is 6.09 Å². The van der Waals surface area contributed by atoms with E-state index >= 15 is 0 Å². The number of hydrogen-bond donors (Lipinski definition) is 1. The van der Waals surface area contributed by atoms with Crippen LogP contribution >= 0.6 is 11.6 Å². The van der Waals surface area contributed by atoms with Crippen molar-refractivity contribution < 1.29 is 14.3 Å². The second-order valence-electron chi connectivity index (χ2n) is 6.95. The van der Waals surface area contributed by atoms with Crippen molar-refractivity contribution in [2.45, 2.75) is 39.7 Å². The van der Waals surface area contributed by atoms with E-state index in [2.05, 4.69) is 23.8 Å². The predicted octanol–water partition coefficient (Wildman–Crippen LogP) is 4.38. The number of aryl methyl sites for hydroxylation is 1. The number of amides is 1. The number of nitrogens with two attached hydrogens (primary N) is 1. The quantitative estimate of drug-likeness (QED) is 0.723. The van der Waals surface area contributed by atoms with Crippen LogP contribution in [-0.4, -0.2) is 28.3 Å². The molecule has 0 aliphatic carbocycles. The van der Waals surface area contributed by atoms with Gasteiger partial charge in [0.2, 0.25) is 5.28 Å². The lowest BCUT2D eigenvalue weighted by atomic mass is 9.95. The van der Waals surface area contributed by atoms with E-state index in [1.54, 1.807) is 12.3 Å². The standard InChI is InChI=1S/C19H24ClN3O3/c1-12(2)10-19(4,26-18(21)24)11-25-16-6-5-14(9-13(16)3)15-7-8-22-17(20)23-15/h5-9,12H,10-11H2,1-4H3,(H2,21,24)/t19-/m0/s1. The van der Waals surface area contributed by atoms with Crippen LogP contribution in [0.2, 0.25) is 5.28 Å². The number of hydrogen-bond acceptors (Lipinski definition) is 5. The van der Waals surface area contributed by atoms with E-state index in [4.69, 9.17) is 26.8 Å². The van der Waals surface area contributed by atoms with Crippen LogP contribution in [0.3, 0.4) is 0 Å². The molecule has 6 nitrogen and oxygen atoms in total. The van der Waals surface area contributed by atoms with Gasteiger partial charge in [-0.2, -0.15) is 0 Å². The topological polar surface area (TPSA) is 87.3 Å². The first-order valence-corrected chi connectivity index (χ1v) is 8.77. The molecule has 1 aromatic carbocycles. The van der Waals surface area contributed by atoms with Crippen molar-refractivity contribution in [3.05, 3.63) is 41.3 Å². The zero-order valence-electron chi connectivity index (χ0n) is 15.5. The third-order valence-corrected chi connectivity index (χ3v) is 4.00. The number of benzene rings is 1. The number of carbonyl (C=O) groups excluding carboxylic acids is 1. The number of aromatic nitrogens is 2. The van der Waals surface area contributed by atoms with Gasteiger partial charge in [-0.3, -0.25) is 0 Å². The Labute approximate surface area is 158 Å². The van der Waals surface area contributed by atoms with Crippen LogP contribution < -0.4 is 10.5 Å². The summed E-state index contributed by atoms with van der Waals surface area (Å²) in [4.78, 5) is 19.3. The summed E-state index contributed by atoms with van der Waals surface area (Å²) in [6, 6.07) is 7.51. The molecule has 140 valence electrons. The van der Waals surface area contributed by atoms with Crippen molar-refractivity contribution in [1.82, 2.24) is 9.97 Å². The molecular formula is C19H24ClN3O3. The van der Waals surface area contributed by atoms with Crippen molar-refractivity contribution in [1.29, 1.82) is 0 Å². The van der Waals surface area contributed by atoms with Crippen LogP contribution in [0.1, 0.15) is 32.8 Å². The Morgan fingerprint density at radius 3 is 2.65 bits per heavy atom. The first-order valence-electron chi connectivity index (χ1n) is 8.39. The molecule has 0 saturated carbocycles. The van der Waals surface area contributed by atoms with E-state index in [0.29, 0.717) is 18.1 Å². The molecule has 0 fully saturated rings. The van der Waals surface area contributed by atoms with Crippen LogP contribution in [0.15, 0.2) is 30.5 Å². The minimum Gasteiger partial charge on any atom is -0.489 e. The molecule has 0 aliphatic heterocycles. The first-order chi connectivity index (χ1) is 12.2. The predicted molar refractivity (Wildman–Crippen MR) is 101 cm³/mol. The molecule has 0 spiro atoms. The van der Waals surface area contributed by atoms with Crippen molar-refractivity contribution in [2.24, 2.45) is 11.7 Å². The van der Waals surface area contributed by atoms with Gasteiger partial charge in [0, 0.05) is 11.8 Å². The molecule has 2 N–H and O–H groups in total. The van der Waals surface area contributed by atoms with E-state index in [-0.39, 0.29) is 11.9 Å². The highest BCUT2D eigenvalue weighted by atomic mass is 35.5. The van der Waals surface area contributed by atoms with Crippen LogP contribution in [-0.2, 0) is 4.74 Å². The zero-order chi connectivity index (χ0) is 19.3.